The Morgan fingerprint density at radius 1 is 1.23 bits per heavy atom. The molecule has 0 bridgehead atoms. The van der Waals surface area contributed by atoms with E-state index in [0.29, 0.717) is 0 Å². The summed E-state index contributed by atoms with van der Waals surface area (Å²) in [5.74, 6) is 0.842. The van der Waals surface area contributed by atoms with Crippen molar-refractivity contribution in [3.8, 4) is 0 Å². The van der Waals surface area contributed by atoms with Crippen LogP contribution in [-0.4, -0.2) is 66.1 Å². The normalized spacial score (nSPS) is 16.9. The van der Waals surface area contributed by atoms with Gasteiger partial charge in [0.1, 0.15) is 0 Å². The molecule has 26 heavy (non-hydrogen) atoms. The molecule has 7 heteroatoms. The number of halogens is 1. The molecule has 0 saturated carbocycles. The van der Waals surface area contributed by atoms with E-state index in [1.165, 1.54) is 11.3 Å². The van der Waals surface area contributed by atoms with Gasteiger partial charge in [0.2, 0.25) is 0 Å². The van der Waals surface area contributed by atoms with Crippen LogP contribution in [0.1, 0.15) is 18.4 Å². The zero-order valence-electron chi connectivity index (χ0n) is 16.2. The third-order valence-electron chi connectivity index (χ3n) is 4.24. The van der Waals surface area contributed by atoms with Crippen LogP contribution in [0.2, 0.25) is 0 Å². The Balaban J connectivity index is 0.00000338. The van der Waals surface area contributed by atoms with Crippen LogP contribution in [0.5, 0.6) is 0 Å². The van der Waals surface area contributed by atoms with Crippen molar-refractivity contribution < 1.29 is 9.47 Å². The summed E-state index contributed by atoms with van der Waals surface area (Å²) >= 11 is 0. The van der Waals surface area contributed by atoms with Gasteiger partial charge in [0.25, 0.3) is 0 Å². The van der Waals surface area contributed by atoms with Gasteiger partial charge in [0.15, 0.2) is 5.96 Å². The first-order valence-corrected chi connectivity index (χ1v) is 9.09. The van der Waals surface area contributed by atoms with E-state index < -0.39 is 0 Å². The van der Waals surface area contributed by atoms with Gasteiger partial charge in [-0.3, -0.25) is 4.99 Å². The van der Waals surface area contributed by atoms with Gasteiger partial charge in [-0.1, -0.05) is 12.1 Å². The van der Waals surface area contributed by atoms with E-state index in [9.17, 15) is 0 Å². The van der Waals surface area contributed by atoms with Crippen molar-refractivity contribution >= 4 is 35.6 Å². The average Bonchev–Trinajstić information content (AvgIpc) is 3.13. The minimum absolute atomic E-state index is 0. The molecule has 1 unspecified atom stereocenters. The lowest BCUT2D eigenvalue weighted by Gasteiger charge is -2.14. The van der Waals surface area contributed by atoms with Crippen molar-refractivity contribution in [1.29, 1.82) is 0 Å². The first kappa shape index (κ1) is 23.0. The maximum atomic E-state index is 5.76. The van der Waals surface area contributed by atoms with E-state index in [1.807, 2.05) is 0 Å². The molecule has 6 nitrogen and oxygen atoms in total. The molecule has 1 saturated heterocycles. The van der Waals surface area contributed by atoms with Crippen molar-refractivity contribution in [1.82, 2.24) is 10.6 Å². The van der Waals surface area contributed by atoms with Crippen LogP contribution in [0.25, 0.3) is 0 Å². The highest BCUT2D eigenvalue weighted by Gasteiger charge is 2.15. The topological polar surface area (TPSA) is 58.1 Å². The lowest BCUT2D eigenvalue weighted by Crippen LogP contribution is -2.39. The molecule has 1 heterocycles. The lowest BCUT2D eigenvalue weighted by atomic mass is 10.1. The molecule has 1 aliphatic heterocycles. The molecule has 2 N–H and O–H groups in total. The van der Waals surface area contributed by atoms with Gasteiger partial charge in [-0.05, 0) is 37.0 Å². The first-order chi connectivity index (χ1) is 12.2. The molecule has 1 aliphatic rings. The van der Waals surface area contributed by atoms with E-state index in [2.05, 4.69) is 58.9 Å². The van der Waals surface area contributed by atoms with Crippen LogP contribution in [-0.2, 0) is 15.9 Å². The third kappa shape index (κ3) is 8.55. The summed E-state index contributed by atoms with van der Waals surface area (Å²) < 4.78 is 11.1. The predicted octanol–water partition coefficient (Wildman–Crippen LogP) is 2.27. The summed E-state index contributed by atoms with van der Waals surface area (Å²) in [6.07, 6.45) is 3.24. The second kappa shape index (κ2) is 13.2. The minimum Gasteiger partial charge on any atom is -0.379 e. The highest BCUT2D eigenvalue weighted by Crippen LogP contribution is 2.12. The zero-order chi connectivity index (χ0) is 17.9. The summed E-state index contributed by atoms with van der Waals surface area (Å²) in [6.45, 7) is 4.04. The van der Waals surface area contributed by atoms with Crippen LogP contribution >= 0.6 is 24.0 Å². The van der Waals surface area contributed by atoms with E-state index in [4.69, 9.17) is 9.47 Å². The van der Waals surface area contributed by atoms with Crippen molar-refractivity contribution in [3.63, 3.8) is 0 Å². The van der Waals surface area contributed by atoms with Crippen LogP contribution in [0, 0.1) is 0 Å². The number of hydrogen-bond acceptors (Lipinski definition) is 4. The predicted molar refractivity (Wildman–Crippen MR) is 119 cm³/mol. The number of rotatable bonds is 9. The highest BCUT2D eigenvalue weighted by molar-refractivity contribution is 14.0. The summed E-state index contributed by atoms with van der Waals surface area (Å²) in [4.78, 5) is 6.37. The quantitative estimate of drug-likeness (QED) is 0.248. The molecule has 0 spiro atoms. The van der Waals surface area contributed by atoms with E-state index in [1.54, 1.807) is 7.05 Å². The first-order valence-electron chi connectivity index (χ1n) is 9.09. The number of ether oxygens (including phenoxy) is 2. The van der Waals surface area contributed by atoms with Crippen molar-refractivity contribution in [3.05, 3.63) is 29.8 Å². The van der Waals surface area contributed by atoms with Crippen LogP contribution < -0.4 is 15.5 Å². The van der Waals surface area contributed by atoms with Crippen molar-refractivity contribution in [2.24, 2.45) is 4.99 Å². The second-order valence-electron chi connectivity index (χ2n) is 6.45. The molecule has 0 radical (unpaired) electrons. The number of hydrogen-bond donors (Lipinski definition) is 2. The molecule has 2 rings (SSSR count). The Kier molecular flexibility index (Phi) is 11.6. The lowest BCUT2D eigenvalue weighted by molar-refractivity contribution is 0.0420. The molecular formula is C19H33IN4O2. The molecule has 0 aliphatic carbocycles. The van der Waals surface area contributed by atoms with E-state index >= 15 is 0 Å². The standard InChI is InChI=1S/C19H32N4O2.HI/c1-20-19(21-11-4-13-25-18-10-14-24-15-18)22-12-9-16-5-7-17(8-6-16)23(2)3;/h5-8,18H,4,9-15H2,1-3H3,(H2,20,21,22);1H. The molecular weight excluding hydrogens is 443 g/mol. The third-order valence-corrected chi connectivity index (χ3v) is 4.24. The monoisotopic (exact) mass is 476 g/mol. The molecule has 148 valence electrons. The number of nitrogens with zero attached hydrogens (tertiary/aromatic N) is 2. The van der Waals surface area contributed by atoms with Gasteiger partial charge >= 0.3 is 0 Å². The summed E-state index contributed by atoms with van der Waals surface area (Å²) in [6, 6.07) is 8.66. The minimum atomic E-state index is 0. The summed E-state index contributed by atoms with van der Waals surface area (Å²) in [5, 5.41) is 6.68. The van der Waals surface area contributed by atoms with Crippen LogP contribution in [0.15, 0.2) is 29.3 Å². The zero-order valence-corrected chi connectivity index (χ0v) is 18.5. The SMILES string of the molecule is CN=C(NCCCOC1CCOC1)NCCc1ccc(N(C)C)cc1.I. The van der Waals surface area contributed by atoms with E-state index in [0.717, 1.165) is 58.1 Å². The number of benzene rings is 1. The second-order valence-corrected chi connectivity index (χ2v) is 6.45. The van der Waals surface area contributed by atoms with Gasteiger partial charge in [-0.15, -0.1) is 24.0 Å². The largest absolute Gasteiger partial charge is 0.379 e. The van der Waals surface area contributed by atoms with Crippen LogP contribution in [0.4, 0.5) is 5.69 Å². The molecule has 1 aromatic rings. The maximum Gasteiger partial charge on any atom is 0.190 e. The fraction of sp³-hybridized carbons (Fsp3) is 0.632. The Labute approximate surface area is 174 Å². The Morgan fingerprint density at radius 2 is 1.96 bits per heavy atom. The highest BCUT2D eigenvalue weighted by atomic mass is 127. The summed E-state index contributed by atoms with van der Waals surface area (Å²) in [5.41, 5.74) is 2.54. The molecule has 1 atom stereocenters. The van der Waals surface area contributed by atoms with Gasteiger partial charge in [-0.25, -0.2) is 0 Å². The van der Waals surface area contributed by atoms with Gasteiger partial charge in [0, 0.05) is 53.1 Å². The number of nitrogens with one attached hydrogen (secondary N) is 2. The smallest absolute Gasteiger partial charge is 0.190 e. The fourth-order valence-electron chi connectivity index (χ4n) is 2.68. The maximum absolute atomic E-state index is 5.76. The number of guanidine groups is 1. The fourth-order valence-corrected chi connectivity index (χ4v) is 2.68. The number of anilines is 1. The van der Waals surface area contributed by atoms with Crippen molar-refractivity contribution in [2.45, 2.75) is 25.4 Å². The molecule has 1 aromatic carbocycles. The van der Waals surface area contributed by atoms with Crippen molar-refractivity contribution in [2.75, 3.05) is 59.0 Å². The average molecular weight is 476 g/mol. The van der Waals surface area contributed by atoms with Crippen LogP contribution in [0.3, 0.4) is 0 Å². The molecule has 0 amide bonds. The number of aliphatic imine (C=N–C) groups is 1. The summed E-state index contributed by atoms with van der Waals surface area (Å²) in [7, 11) is 5.91. The van der Waals surface area contributed by atoms with Gasteiger partial charge in [0.05, 0.1) is 12.7 Å². The Bertz CT molecular complexity index is 517. The molecule has 0 aromatic heterocycles. The van der Waals surface area contributed by atoms with E-state index in [-0.39, 0.29) is 30.1 Å². The molecule has 1 fully saturated rings. The Hall–Kier alpha value is -1.06. The van der Waals surface area contributed by atoms with Gasteiger partial charge < -0.3 is 25.0 Å². The Morgan fingerprint density at radius 3 is 2.58 bits per heavy atom. The van der Waals surface area contributed by atoms with Gasteiger partial charge in [-0.2, -0.15) is 0 Å².